The lowest BCUT2D eigenvalue weighted by Crippen LogP contribution is -2.59. The molecule has 1 fully saturated rings. The van der Waals surface area contributed by atoms with Crippen LogP contribution in [0.15, 0.2) is 6.07 Å². The molecule has 0 bridgehead atoms. The third kappa shape index (κ3) is 2.79. The van der Waals surface area contributed by atoms with E-state index < -0.39 is 0 Å². The minimum Gasteiger partial charge on any atom is -0.383 e. The Bertz CT molecular complexity index is 459. The minimum atomic E-state index is 0.614. The number of hydrogen-bond acceptors (Lipinski definition) is 5. The molecule has 1 aromatic heterocycles. The molecule has 2 aliphatic rings. The summed E-state index contributed by atoms with van der Waals surface area (Å²) in [7, 11) is 3.92. The fraction of sp³-hybridized carbons (Fsp3) is 0.733. The largest absolute Gasteiger partial charge is 0.383 e. The summed E-state index contributed by atoms with van der Waals surface area (Å²) in [5.74, 6) is 1.06. The lowest BCUT2D eigenvalue weighted by atomic mass is 9.96. The van der Waals surface area contributed by atoms with E-state index >= 15 is 0 Å². The second-order valence-electron chi connectivity index (χ2n) is 5.91. The molecule has 2 heterocycles. The average molecular weight is 276 g/mol. The Labute approximate surface area is 120 Å². The van der Waals surface area contributed by atoms with Gasteiger partial charge in [0.25, 0.3) is 0 Å². The standard InChI is InChI=1S/C15H24N4O/c1-18(7-8-20-2)13-10-19(11-13)15-9-12-5-3-4-6-14(12)16-17-15/h9,13H,3-8,10-11H2,1-2H3. The Morgan fingerprint density at radius 3 is 2.90 bits per heavy atom. The number of nitrogens with zero attached hydrogens (tertiary/aromatic N) is 4. The average Bonchev–Trinajstić information content (AvgIpc) is 2.43. The van der Waals surface area contributed by atoms with E-state index in [0.717, 1.165) is 38.5 Å². The maximum absolute atomic E-state index is 5.13. The van der Waals surface area contributed by atoms with Gasteiger partial charge in [-0.1, -0.05) is 0 Å². The van der Waals surface area contributed by atoms with Crippen LogP contribution in [-0.4, -0.2) is 61.5 Å². The van der Waals surface area contributed by atoms with Crippen molar-refractivity contribution in [3.63, 3.8) is 0 Å². The van der Waals surface area contributed by atoms with E-state index in [9.17, 15) is 0 Å². The van der Waals surface area contributed by atoms with Crippen molar-refractivity contribution < 1.29 is 4.74 Å². The third-order valence-electron chi connectivity index (χ3n) is 4.51. The summed E-state index contributed by atoms with van der Waals surface area (Å²) in [6.45, 7) is 3.89. The molecule has 110 valence electrons. The number of aromatic nitrogens is 2. The summed E-state index contributed by atoms with van der Waals surface area (Å²) in [4.78, 5) is 4.70. The van der Waals surface area contributed by atoms with Gasteiger partial charge < -0.3 is 9.64 Å². The van der Waals surface area contributed by atoms with Crippen molar-refractivity contribution in [3.8, 4) is 0 Å². The first kappa shape index (κ1) is 13.8. The van der Waals surface area contributed by atoms with Crippen LogP contribution in [0.2, 0.25) is 0 Å². The summed E-state index contributed by atoms with van der Waals surface area (Å²) in [5, 5.41) is 8.82. The van der Waals surface area contributed by atoms with Crippen molar-refractivity contribution in [1.82, 2.24) is 15.1 Å². The topological polar surface area (TPSA) is 41.5 Å². The number of methoxy groups -OCH3 is 1. The molecule has 0 spiro atoms. The number of anilines is 1. The van der Waals surface area contributed by atoms with E-state index in [4.69, 9.17) is 4.74 Å². The molecule has 20 heavy (non-hydrogen) atoms. The van der Waals surface area contributed by atoms with E-state index in [0.29, 0.717) is 6.04 Å². The van der Waals surface area contributed by atoms with Gasteiger partial charge in [0.2, 0.25) is 0 Å². The smallest absolute Gasteiger partial charge is 0.151 e. The van der Waals surface area contributed by atoms with Gasteiger partial charge in [-0.3, -0.25) is 4.90 Å². The van der Waals surface area contributed by atoms with Gasteiger partial charge in [0.1, 0.15) is 0 Å². The highest BCUT2D eigenvalue weighted by atomic mass is 16.5. The monoisotopic (exact) mass is 276 g/mol. The van der Waals surface area contributed by atoms with Gasteiger partial charge in [-0.25, -0.2) is 0 Å². The lowest BCUT2D eigenvalue weighted by Gasteiger charge is -2.44. The lowest BCUT2D eigenvalue weighted by molar-refractivity contribution is 0.127. The predicted octanol–water partition coefficient (Wildman–Crippen LogP) is 1.12. The molecule has 0 unspecified atom stereocenters. The molecule has 0 atom stereocenters. The summed E-state index contributed by atoms with van der Waals surface area (Å²) < 4.78 is 5.13. The summed E-state index contributed by atoms with van der Waals surface area (Å²) in [6, 6.07) is 2.87. The van der Waals surface area contributed by atoms with E-state index in [1.807, 2.05) is 0 Å². The van der Waals surface area contributed by atoms with Crippen molar-refractivity contribution in [1.29, 1.82) is 0 Å². The van der Waals surface area contributed by atoms with Crippen LogP contribution in [0.1, 0.15) is 24.1 Å². The van der Waals surface area contributed by atoms with Crippen LogP contribution in [0.4, 0.5) is 5.82 Å². The highest BCUT2D eigenvalue weighted by Gasteiger charge is 2.31. The molecule has 1 aromatic rings. The molecule has 5 nitrogen and oxygen atoms in total. The van der Waals surface area contributed by atoms with Crippen LogP contribution in [0.25, 0.3) is 0 Å². The number of ether oxygens (including phenoxy) is 1. The quantitative estimate of drug-likeness (QED) is 0.806. The molecule has 5 heteroatoms. The minimum absolute atomic E-state index is 0.614. The molecule has 1 saturated heterocycles. The van der Waals surface area contributed by atoms with Crippen molar-refractivity contribution >= 4 is 5.82 Å². The highest BCUT2D eigenvalue weighted by Crippen LogP contribution is 2.25. The molecule has 3 rings (SSSR count). The number of likely N-dealkylation sites (N-methyl/N-ethyl adjacent to an activating group) is 1. The fourth-order valence-corrected chi connectivity index (χ4v) is 2.97. The Hall–Kier alpha value is -1.20. The highest BCUT2D eigenvalue weighted by molar-refractivity contribution is 5.45. The Morgan fingerprint density at radius 1 is 1.30 bits per heavy atom. The predicted molar refractivity (Wildman–Crippen MR) is 79.2 cm³/mol. The molecular weight excluding hydrogens is 252 g/mol. The second-order valence-corrected chi connectivity index (χ2v) is 5.91. The van der Waals surface area contributed by atoms with Crippen LogP contribution in [-0.2, 0) is 17.6 Å². The molecule has 0 radical (unpaired) electrons. The maximum Gasteiger partial charge on any atom is 0.151 e. The number of fused-ring (bicyclic) bond motifs is 1. The molecule has 0 saturated carbocycles. The Morgan fingerprint density at radius 2 is 2.10 bits per heavy atom. The number of aryl methyl sites for hydroxylation is 2. The molecule has 0 aromatic carbocycles. The molecule has 0 N–H and O–H groups in total. The van der Waals surface area contributed by atoms with Gasteiger partial charge in [-0.05, 0) is 44.4 Å². The van der Waals surface area contributed by atoms with Gasteiger partial charge in [-0.15, -0.1) is 5.10 Å². The molecule has 0 amide bonds. The van der Waals surface area contributed by atoms with Gasteiger partial charge in [0, 0.05) is 32.8 Å². The first-order chi connectivity index (χ1) is 9.78. The summed E-state index contributed by atoms with van der Waals surface area (Å²) in [5.41, 5.74) is 2.63. The van der Waals surface area contributed by atoms with Crippen molar-refractivity contribution in [2.24, 2.45) is 0 Å². The van der Waals surface area contributed by atoms with E-state index in [-0.39, 0.29) is 0 Å². The first-order valence-electron chi connectivity index (χ1n) is 7.57. The van der Waals surface area contributed by atoms with E-state index in [2.05, 4.69) is 33.1 Å². The van der Waals surface area contributed by atoms with Gasteiger partial charge >= 0.3 is 0 Å². The normalized spacial score (nSPS) is 19.1. The number of hydrogen-bond donors (Lipinski definition) is 0. The number of rotatable bonds is 5. The van der Waals surface area contributed by atoms with Crippen LogP contribution < -0.4 is 4.90 Å². The van der Waals surface area contributed by atoms with E-state index in [1.54, 1.807) is 7.11 Å². The maximum atomic E-state index is 5.13. The summed E-state index contributed by atoms with van der Waals surface area (Å²) >= 11 is 0. The van der Waals surface area contributed by atoms with Crippen molar-refractivity contribution in [2.45, 2.75) is 31.7 Å². The Kier molecular flexibility index (Phi) is 4.17. The zero-order valence-electron chi connectivity index (χ0n) is 12.5. The molecular formula is C15H24N4O. The molecule has 1 aliphatic heterocycles. The van der Waals surface area contributed by atoms with Gasteiger partial charge in [-0.2, -0.15) is 5.10 Å². The van der Waals surface area contributed by atoms with E-state index in [1.165, 1.54) is 30.5 Å². The molecule has 1 aliphatic carbocycles. The van der Waals surface area contributed by atoms with Crippen LogP contribution in [0, 0.1) is 0 Å². The van der Waals surface area contributed by atoms with Gasteiger partial charge in [0.15, 0.2) is 5.82 Å². The van der Waals surface area contributed by atoms with Crippen LogP contribution >= 0.6 is 0 Å². The third-order valence-corrected chi connectivity index (χ3v) is 4.51. The zero-order chi connectivity index (χ0) is 13.9. The first-order valence-corrected chi connectivity index (χ1v) is 7.57. The SMILES string of the molecule is COCCN(C)C1CN(c2cc3c(nn2)CCCC3)C1. The Balaban J connectivity index is 1.57. The van der Waals surface area contributed by atoms with Crippen LogP contribution in [0.3, 0.4) is 0 Å². The van der Waals surface area contributed by atoms with Crippen molar-refractivity contribution in [3.05, 3.63) is 17.3 Å². The zero-order valence-corrected chi connectivity index (χ0v) is 12.5. The van der Waals surface area contributed by atoms with Crippen LogP contribution in [0.5, 0.6) is 0 Å². The van der Waals surface area contributed by atoms with Gasteiger partial charge in [0.05, 0.1) is 12.3 Å². The fourth-order valence-electron chi connectivity index (χ4n) is 2.97. The second kappa shape index (κ2) is 6.06. The summed E-state index contributed by atoms with van der Waals surface area (Å²) in [6.07, 6.45) is 4.82. The van der Waals surface area contributed by atoms with Crippen molar-refractivity contribution in [2.75, 3.05) is 45.3 Å².